The fraction of sp³-hybridized carbons (Fsp3) is 0.250. The van der Waals surface area contributed by atoms with E-state index in [2.05, 4.69) is 37.6 Å². The smallest absolute Gasteiger partial charge is 0.186 e. The normalized spacial score (nSPS) is 17.0. The Labute approximate surface area is 164 Å². The van der Waals surface area contributed by atoms with Crippen LogP contribution in [0.4, 0.5) is 5.82 Å². The van der Waals surface area contributed by atoms with Crippen LogP contribution in [-0.4, -0.2) is 39.1 Å². The molecule has 1 fully saturated rings. The molecule has 2 aromatic heterocycles. The molecule has 0 bridgehead atoms. The molecule has 1 aliphatic heterocycles. The van der Waals surface area contributed by atoms with Crippen LogP contribution in [0.15, 0.2) is 53.0 Å². The summed E-state index contributed by atoms with van der Waals surface area (Å²) in [5.41, 5.74) is 3.46. The Morgan fingerprint density at radius 3 is 2.96 bits per heavy atom. The van der Waals surface area contributed by atoms with Crippen molar-refractivity contribution in [1.29, 1.82) is 0 Å². The summed E-state index contributed by atoms with van der Waals surface area (Å²) in [5.74, 6) is 0.840. The number of fused-ring (bicyclic) bond motifs is 3. The molecule has 27 heavy (non-hydrogen) atoms. The van der Waals surface area contributed by atoms with Crippen LogP contribution in [-0.2, 0) is 4.74 Å². The largest absolute Gasteiger partial charge is 0.376 e. The highest BCUT2D eigenvalue weighted by atomic mass is 79.9. The number of hydrogen-bond acceptors (Lipinski definition) is 5. The van der Waals surface area contributed by atoms with Gasteiger partial charge in [0.2, 0.25) is 0 Å². The van der Waals surface area contributed by atoms with Crippen LogP contribution < -0.4 is 5.32 Å². The lowest BCUT2D eigenvalue weighted by Gasteiger charge is -2.13. The Morgan fingerprint density at radius 2 is 2.11 bits per heavy atom. The molecule has 1 aliphatic rings. The van der Waals surface area contributed by atoms with Crippen molar-refractivity contribution < 1.29 is 4.74 Å². The van der Waals surface area contributed by atoms with E-state index in [1.54, 1.807) is 0 Å². The topological polar surface area (TPSA) is 64.3 Å². The molecule has 3 heterocycles. The van der Waals surface area contributed by atoms with Crippen LogP contribution in [0.1, 0.15) is 12.8 Å². The number of halogens is 1. The van der Waals surface area contributed by atoms with Gasteiger partial charge in [-0.25, -0.2) is 4.98 Å². The molecule has 0 unspecified atom stereocenters. The van der Waals surface area contributed by atoms with Crippen molar-refractivity contribution in [2.45, 2.75) is 18.9 Å². The summed E-state index contributed by atoms with van der Waals surface area (Å²) < 4.78 is 8.55. The highest BCUT2D eigenvalue weighted by Crippen LogP contribution is 2.29. The van der Waals surface area contributed by atoms with Gasteiger partial charge >= 0.3 is 0 Å². The van der Waals surface area contributed by atoms with Crippen molar-refractivity contribution in [2.24, 2.45) is 0 Å². The average Bonchev–Trinajstić information content (AvgIpc) is 3.36. The lowest BCUT2D eigenvalue weighted by atomic mass is 10.1. The molecular formula is C20H18BrN5O. The maximum atomic E-state index is 5.74. The number of hydrogen-bond donors (Lipinski definition) is 1. The first-order valence-electron chi connectivity index (χ1n) is 9.05. The number of anilines is 1. The average molecular weight is 424 g/mol. The Morgan fingerprint density at radius 1 is 1.19 bits per heavy atom. The number of nitrogens with zero attached hydrogens (tertiary/aromatic N) is 4. The van der Waals surface area contributed by atoms with E-state index in [-0.39, 0.29) is 6.10 Å². The SMILES string of the molecule is Brc1cccc(-c2nnn3c2nc(NC[C@@H]2CCCO2)c2ccccc23)c1. The van der Waals surface area contributed by atoms with Crippen molar-refractivity contribution in [1.82, 2.24) is 19.8 Å². The lowest BCUT2D eigenvalue weighted by molar-refractivity contribution is 0.120. The predicted molar refractivity (Wildman–Crippen MR) is 109 cm³/mol. The summed E-state index contributed by atoms with van der Waals surface area (Å²) in [7, 11) is 0. The zero-order chi connectivity index (χ0) is 18.2. The maximum absolute atomic E-state index is 5.74. The molecule has 1 saturated heterocycles. The number of para-hydroxylation sites is 1. The fourth-order valence-corrected chi connectivity index (χ4v) is 3.94. The Balaban J connectivity index is 1.64. The van der Waals surface area contributed by atoms with Crippen LogP contribution in [0.25, 0.3) is 27.8 Å². The minimum absolute atomic E-state index is 0.245. The summed E-state index contributed by atoms with van der Waals surface area (Å²) in [6.07, 6.45) is 2.46. The molecule has 2 aromatic carbocycles. The van der Waals surface area contributed by atoms with Crippen molar-refractivity contribution in [3.05, 3.63) is 53.0 Å². The molecule has 0 spiro atoms. The van der Waals surface area contributed by atoms with Gasteiger partial charge in [-0.2, -0.15) is 4.52 Å². The highest BCUT2D eigenvalue weighted by Gasteiger charge is 2.18. The van der Waals surface area contributed by atoms with E-state index in [1.807, 2.05) is 47.0 Å². The minimum Gasteiger partial charge on any atom is -0.376 e. The van der Waals surface area contributed by atoms with Crippen molar-refractivity contribution >= 4 is 38.3 Å². The van der Waals surface area contributed by atoms with Crippen molar-refractivity contribution in [3.63, 3.8) is 0 Å². The molecule has 7 heteroatoms. The van der Waals surface area contributed by atoms with Gasteiger partial charge in [0, 0.05) is 28.6 Å². The second-order valence-corrected chi connectivity index (χ2v) is 7.59. The molecular weight excluding hydrogens is 406 g/mol. The monoisotopic (exact) mass is 423 g/mol. The summed E-state index contributed by atoms with van der Waals surface area (Å²) >= 11 is 3.53. The van der Waals surface area contributed by atoms with Crippen LogP contribution in [0.3, 0.4) is 0 Å². The molecule has 1 atom stereocenters. The van der Waals surface area contributed by atoms with Crippen LogP contribution in [0.5, 0.6) is 0 Å². The Bertz CT molecular complexity index is 1120. The molecule has 6 nitrogen and oxygen atoms in total. The molecule has 4 aromatic rings. The third kappa shape index (κ3) is 3.07. The number of benzene rings is 2. The second kappa shape index (κ2) is 6.90. The minimum atomic E-state index is 0.245. The van der Waals surface area contributed by atoms with Crippen LogP contribution in [0.2, 0.25) is 0 Å². The third-order valence-corrected chi connectivity index (χ3v) is 5.36. The van der Waals surface area contributed by atoms with E-state index in [9.17, 15) is 0 Å². The van der Waals surface area contributed by atoms with Gasteiger partial charge in [-0.1, -0.05) is 45.4 Å². The maximum Gasteiger partial charge on any atom is 0.186 e. The second-order valence-electron chi connectivity index (χ2n) is 6.68. The fourth-order valence-electron chi connectivity index (χ4n) is 3.54. The van der Waals surface area contributed by atoms with E-state index in [0.717, 1.165) is 64.1 Å². The van der Waals surface area contributed by atoms with Gasteiger partial charge < -0.3 is 10.1 Å². The first-order chi connectivity index (χ1) is 13.3. The number of ether oxygens (including phenoxy) is 1. The summed E-state index contributed by atoms with van der Waals surface area (Å²) in [6.45, 7) is 1.60. The summed E-state index contributed by atoms with van der Waals surface area (Å²) in [4.78, 5) is 4.89. The third-order valence-electron chi connectivity index (χ3n) is 4.87. The molecule has 136 valence electrons. The van der Waals surface area contributed by atoms with Gasteiger partial charge in [-0.3, -0.25) is 0 Å². The quantitative estimate of drug-likeness (QED) is 0.529. The summed E-state index contributed by atoms with van der Waals surface area (Å²) in [6, 6.07) is 16.1. The van der Waals surface area contributed by atoms with E-state index < -0.39 is 0 Å². The van der Waals surface area contributed by atoms with Gasteiger partial charge in [0.05, 0.1) is 11.6 Å². The molecule has 0 amide bonds. The molecule has 0 aliphatic carbocycles. The lowest BCUT2D eigenvalue weighted by Crippen LogP contribution is -2.19. The van der Waals surface area contributed by atoms with Crippen LogP contribution >= 0.6 is 15.9 Å². The number of nitrogens with one attached hydrogen (secondary N) is 1. The van der Waals surface area contributed by atoms with E-state index >= 15 is 0 Å². The molecule has 0 saturated carbocycles. The van der Waals surface area contributed by atoms with Crippen molar-refractivity contribution in [3.8, 4) is 11.3 Å². The zero-order valence-electron chi connectivity index (χ0n) is 14.6. The van der Waals surface area contributed by atoms with Gasteiger partial charge in [0.1, 0.15) is 11.5 Å². The van der Waals surface area contributed by atoms with Crippen molar-refractivity contribution in [2.75, 3.05) is 18.5 Å². The van der Waals surface area contributed by atoms with Gasteiger partial charge in [0.25, 0.3) is 0 Å². The molecule has 0 radical (unpaired) electrons. The van der Waals surface area contributed by atoms with Gasteiger partial charge in [-0.05, 0) is 37.1 Å². The number of rotatable bonds is 4. The molecule has 1 N–H and O–H groups in total. The van der Waals surface area contributed by atoms with Gasteiger partial charge in [0.15, 0.2) is 5.65 Å². The Kier molecular flexibility index (Phi) is 4.26. The number of aromatic nitrogens is 4. The van der Waals surface area contributed by atoms with E-state index in [0.29, 0.717) is 0 Å². The summed E-state index contributed by atoms with van der Waals surface area (Å²) in [5, 5.41) is 13.3. The Hall–Kier alpha value is -2.51. The predicted octanol–water partition coefficient (Wildman–Crippen LogP) is 4.30. The highest BCUT2D eigenvalue weighted by molar-refractivity contribution is 9.10. The first kappa shape index (κ1) is 16.6. The first-order valence-corrected chi connectivity index (χ1v) is 9.84. The molecule has 5 rings (SSSR count). The zero-order valence-corrected chi connectivity index (χ0v) is 16.2. The van der Waals surface area contributed by atoms with Crippen LogP contribution in [0, 0.1) is 0 Å². The van der Waals surface area contributed by atoms with E-state index in [4.69, 9.17) is 9.72 Å². The van der Waals surface area contributed by atoms with Gasteiger partial charge in [-0.15, -0.1) is 5.10 Å². The van der Waals surface area contributed by atoms with E-state index in [1.165, 1.54) is 0 Å². The standard InChI is InChI=1S/C20H18BrN5O/c21-14-6-3-5-13(11-14)18-20-23-19(22-12-15-7-4-10-27-15)16-8-1-2-9-17(16)26(20)25-24-18/h1-3,5-6,8-9,11,15H,4,7,10,12H2,(H,22,23)/t15-/m0/s1.